The number of nitrogens with two attached hydrogens (primary N) is 1. The predicted octanol–water partition coefficient (Wildman–Crippen LogP) is 2.16. The van der Waals surface area contributed by atoms with Crippen LogP contribution in [0.15, 0.2) is 53.4 Å². The minimum atomic E-state index is -1.60. The summed E-state index contributed by atoms with van der Waals surface area (Å²) in [5, 5.41) is 1.70. The van der Waals surface area contributed by atoms with Gasteiger partial charge >= 0.3 is 0 Å². The molecule has 3 rings (SSSR count). The molecule has 2 aromatic carbocycles. The summed E-state index contributed by atoms with van der Waals surface area (Å²) in [6.45, 7) is 2.98. The van der Waals surface area contributed by atoms with Gasteiger partial charge in [0.2, 0.25) is 11.1 Å². The van der Waals surface area contributed by atoms with Crippen LogP contribution in [0.4, 0.5) is 0 Å². The first-order chi connectivity index (χ1) is 13.1. The fourth-order valence-electron chi connectivity index (χ4n) is 3.09. The van der Waals surface area contributed by atoms with Gasteiger partial charge < -0.3 is 11.2 Å². The van der Waals surface area contributed by atoms with E-state index in [0.29, 0.717) is 24.5 Å². The van der Waals surface area contributed by atoms with E-state index < -0.39 is 11.1 Å². The molecule has 3 atom stereocenters. The Morgan fingerprint density at radius 3 is 2.32 bits per heavy atom. The van der Waals surface area contributed by atoms with Crippen LogP contribution < -0.4 is 5.73 Å². The summed E-state index contributed by atoms with van der Waals surface area (Å²) in [5.74, 6) is 0. The van der Waals surface area contributed by atoms with Crippen molar-refractivity contribution >= 4 is 11.1 Å². The average molecular weight is 409 g/mol. The molecule has 0 radical (unpaired) electrons. The molecule has 154 valence electrons. The topological polar surface area (TPSA) is 106 Å². The Morgan fingerprint density at radius 2 is 1.71 bits per heavy atom. The van der Waals surface area contributed by atoms with E-state index in [4.69, 9.17) is 14.9 Å². The zero-order valence-corrected chi connectivity index (χ0v) is 17.0. The molecule has 4 N–H and O–H groups in total. The van der Waals surface area contributed by atoms with E-state index in [1.807, 2.05) is 24.3 Å². The molecule has 3 unspecified atom stereocenters. The largest absolute Gasteiger partial charge is 0.412 e. The molecule has 1 aliphatic rings. The highest BCUT2D eigenvalue weighted by Gasteiger charge is 2.30. The summed E-state index contributed by atoms with van der Waals surface area (Å²) in [6, 6.07) is 15.9. The summed E-state index contributed by atoms with van der Waals surface area (Å²) in [4.78, 5) is 10.3. The van der Waals surface area contributed by atoms with Crippen LogP contribution >= 0.6 is 0 Å². The third kappa shape index (κ3) is 5.92. The maximum Gasteiger partial charge on any atom is 0.206 e. The number of hydrogen-bond acceptors (Lipinski definition) is 6. The number of nitrogens with zero attached hydrogens (tertiary/aromatic N) is 1. The first-order valence-electron chi connectivity index (χ1n) is 9.02. The molecular weight excluding hydrogens is 380 g/mol. The second-order valence-electron chi connectivity index (χ2n) is 6.73. The second kappa shape index (κ2) is 10.8. The van der Waals surface area contributed by atoms with Crippen molar-refractivity contribution in [2.24, 2.45) is 5.73 Å². The average Bonchev–Trinajstić information content (AvgIpc) is 2.69. The zero-order chi connectivity index (χ0) is 19.2. The molecule has 0 spiro atoms. The van der Waals surface area contributed by atoms with Gasteiger partial charge in [0, 0.05) is 12.6 Å². The molecule has 0 aliphatic carbocycles. The third-order valence-corrected chi connectivity index (χ3v) is 5.66. The standard InChI is InChI=1S/C20H26N2O4S.H2O/c1-15-3-5-16(6-4-15)17-7-9-20(10-8-17)27(23)26-22-12-11-18(21)13-19(22)14-25-24-2;/h3-10,18-19H,11-14,21H2,1-2H3;1H2. The van der Waals surface area contributed by atoms with Gasteiger partial charge in [-0.2, -0.15) is 9.35 Å². The van der Waals surface area contributed by atoms with Gasteiger partial charge in [0.1, 0.15) is 6.61 Å². The van der Waals surface area contributed by atoms with Crippen LogP contribution in [0, 0.1) is 6.92 Å². The summed E-state index contributed by atoms with van der Waals surface area (Å²) in [6.07, 6.45) is 1.49. The van der Waals surface area contributed by atoms with Crippen molar-refractivity contribution in [1.82, 2.24) is 5.06 Å². The van der Waals surface area contributed by atoms with E-state index in [-0.39, 0.29) is 17.6 Å². The van der Waals surface area contributed by atoms with Crippen LogP contribution in [0.5, 0.6) is 0 Å². The highest BCUT2D eigenvalue weighted by atomic mass is 32.2. The van der Waals surface area contributed by atoms with Crippen molar-refractivity contribution in [1.29, 1.82) is 0 Å². The van der Waals surface area contributed by atoms with Gasteiger partial charge in [-0.3, -0.25) is 0 Å². The number of hydroxylamine groups is 2. The predicted molar refractivity (Wildman–Crippen MR) is 108 cm³/mol. The first-order valence-corrected chi connectivity index (χ1v) is 10.1. The monoisotopic (exact) mass is 408 g/mol. The molecule has 0 saturated carbocycles. The normalized spacial score (nSPS) is 21.1. The lowest BCUT2D eigenvalue weighted by atomic mass is 10.0. The van der Waals surface area contributed by atoms with Crippen molar-refractivity contribution in [2.45, 2.75) is 36.7 Å². The molecule has 1 fully saturated rings. The number of aryl methyl sites for hydroxylation is 1. The van der Waals surface area contributed by atoms with Gasteiger partial charge in [-0.25, -0.2) is 14.0 Å². The van der Waals surface area contributed by atoms with Gasteiger partial charge in [0.15, 0.2) is 0 Å². The molecule has 0 amide bonds. The van der Waals surface area contributed by atoms with Crippen LogP contribution in [0.2, 0.25) is 0 Å². The lowest BCUT2D eigenvalue weighted by Gasteiger charge is -2.35. The van der Waals surface area contributed by atoms with Crippen molar-refractivity contribution in [3.63, 3.8) is 0 Å². The summed E-state index contributed by atoms with van der Waals surface area (Å²) in [5.41, 5.74) is 9.45. The fraction of sp³-hybridized carbons (Fsp3) is 0.400. The first kappa shape index (κ1) is 22.6. The van der Waals surface area contributed by atoms with Crippen LogP contribution in [-0.4, -0.2) is 47.1 Å². The molecule has 1 saturated heterocycles. The molecular formula is C20H28N2O5S. The number of piperidine rings is 1. The summed E-state index contributed by atoms with van der Waals surface area (Å²) in [7, 11) is 1.46. The fourth-order valence-corrected chi connectivity index (χ4v) is 3.91. The Morgan fingerprint density at radius 1 is 1.11 bits per heavy atom. The van der Waals surface area contributed by atoms with Gasteiger partial charge in [-0.1, -0.05) is 42.0 Å². The zero-order valence-electron chi connectivity index (χ0n) is 16.2. The highest BCUT2D eigenvalue weighted by Crippen LogP contribution is 2.23. The molecule has 28 heavy (non-hydrogen) atoms. The highest BCUT2D eigenvalue weighted by molar-refractivity contribution is 7.80. The Kier molecular flexibility index (Phi) is 8.71. The Labute approximate surface area is 168 Å². The SMILES string of the molecule is COOCC1CC(N)CCN1OS(=O)c1ccc(-c2ccc(C)cc2)cc1.O. The van der Waals surface area contributed by atoms with E-state index >= 15 is 0 Å². The molecule has 0 bridgehead atoms. The van der Waals surface area contributed by atoms with E-state index in [1.54, 1.807) is 5.06 Å². The van der Waals surface area contributed by atoms with Gasteiger partial charge in [-0.15, -0.1) is 0 Å². The van der Waals surface area contributed by atoms with Gasteiger partial charge in [0.05, 0.1) is 18.0 Å². The van der Waals surface area contributed by atoms with Crippen LogP contribution in [0.3, 0.4) is 0 Å². The quantitative estimate of drug-likeness (QED) is 0.556. The second-order valence-corrected chi connectivity index (χ2v) is 7.82. The van der Waals surface area contributed by atoms with Crippen LogP contribution in [0.1, 0.15) is 18.4 Å². The van der Waals surface area contributed by atoms with E-state index in [2.05, 4.69) is 36.1 Å². The van der Waals surface area contributed by atoms with Gasteiger partial charge in [-0.05, 0) is 43.0 Å². The Balaban J connectivity index is 0.00000280. The van der Waals surface area contributed by atoms with E-state index in [0.717, 1.165) is 17.5 Å². The van der Waals surface area contributed by atoms with Gasteiger partial charge in [0.25, 0.3) is 0 Å². The minimum Gasteiger partial charge on any atom is -0.412 e. The smallest absolute Gasteiger partial charge is 0.206 e. The molecule has 2 aromatic rings. The lowest BCUT2D eigenvalue weighted by molar-refractivity contribution is -0.291. The van der Waals surface area contributed by atoms with E-state index in [9.17, 15) is 4.21 Å². The van der Waals surface area contributed by atoms with Crippen molar-refractivity contribution in [2.75, 3.05) is 20.3 Å². The number of benzene rings is 2. The maximum atomic E-state index is 12.7. The van der Waals surface area contributed by atoms with E-state index in [1.165, 1.54) is 12.7 Å². The molecule has 8 heteroatoms. The third-order valence-electron chi connectivity index (χ3n) is 4.68. The molecule has 0 aromatic heterocycles. The molecule has 1 heterocycles. The Bertz CT molecular complexity index is 754. The number of hydrogen-bond donors (Lipinski definition) is 1. The van der Waals surface area contributed by atoms with Crippen LogP contribution in [-0.2, 0) is 25.1 Å². The summed E-state index contributed by atoms with van der Waals surface area (Å²) >= 11 is -1.60. The maximum absolute atomic E-state index is 12.7. The van der Waals surface area contributed by atoms with Crippen molar-refractivity contribution in [3.05, 3.63) is 54.1 Å². The minimum absolute atomic E-state index is 0. The summed E-state index contributed by atoms with van der Waals surface area (Å²) < 4.78 is 18.4. The number of rotatable bonds is 7. The molecule has 1 aliphatic heterocycles. The lowest BCUT2D eigenvalue weighted by Crippen LogP contribution is -2.49. The Hall–Kier alpha value is -1.65. The molecule has 7 nitrogen and oxygen atoms in total. The van der Waals surface area contributed by atoms with Crippen molar-refractivity contribution < 1.29 is 23.7 Å². The van der Waals surface area contributed by atoms with Crippen LogP contribution in [0.25, 0.3) is 11.1 Å². The van der Waals surface area contributed by atoms with Crippen molar-refractivity contribution in [3.8, 4) is 11.1 Å².